The van der Waals surface area contributed by atoms with Crippen LogP contribution >= 0.6 is 0 Å². The zero-order chi connectivity index (χ0) is 16.8. The molecule has 0 heterocycles. The smallest absolute Gasteiger partial charge is 0.331 e. The van der Waals surface area contributed by atoms with Crippen molar-refractivity contribution in [1.29, 1.82) is 0 Å². The van der Waals surface area contributed by atoms with Crippen molar-refractivity contribution in [2.45, 2.75) is 20.8 Å². The van der Waals surface area contributed by atoms with Crippen molar-refractivity contribution in [3.63, 3.8) is 0 Å². The average Bonchev–Trinajstić information content (AvgIpc) is 2.54. The van der Waals surface area contributed by atoms with Crippen LogP contribution < -0.4 is 0 Å². The molecule has 3 nitrogen and oxygen atoms in total. The zero-order valence-electron chi connectivity index (χ0n) is 13.6. The quantitative estimate of drug-likeness (QED) is 0.475. The first-order valence-electron chi connectivity index (χ1n) is 7.47. The summed E-state index contributed by atoms with van der Waals surface area (Å²) in [5.41, 5.74) is 4.55. The SMILES string of the molecule is Cc1ccc(/C=C/C(=O)OCC(=O)c2cc(C)ccc2C)cc1. The summed E-state index contributed by atoms with van der Waals surface area (Å²) in [6, 6.07) is 13.4. The minimum absolute atomic E-state index is 0.191. The van der Waals surface area contributed by atoms with E-state index in [4.69, 9.17) is 4.74 Å². The summed E-state index contributed by atoms with van der Waals surface area (Å²) >= 11 is 0. The molecular weight excluding hydrogens is 288 g/mol. The number of benzene rings is 2. The van der Waals surface area contributed by atoms with Gasteiger partial charge in [0.25, 0.3) is 0 Å². The fourth-order valence-corrected chi connectivity index (χ4v) is 2.14. The largest absolute Gasteiger partial charge is 0.454 e. The van der Waals surface area contributed by atoms with Gasteiger partial charge in [-0.25, -0.2) is 4.79 Å². The number of hydrogen-bond donors (Lipinski definition) is 0. The minimum atomic E-state index is -0.524. The molecular formula is C20H20O3. The second-order valence-electron chi connectivity index (χ2n) is 5.59. The molecule has 0 aliphatic carbocycles. The summed E-state index contributed by atoms with van der Waals surface area (Å²) in [5.74, 6) is -0.715. The third-order valence-electron chi connectivity index (χ3n) is 3.53. The number of Topliss-reactive ketones (excluding diaryl/α,β-unsaturated/α-hetero) is 1. The zero-order valence-corrected chi connectivity index (χ0v) is 13.6. The molecule has 2 aromatic rings. The van der Waals surface area contributed by atoms with Gasteiger partial charge in [0.05, 0.1) is 0 Å². The number of esters is 1. The Balaban J connectivity index is 1.92. The van der Waals surface area contributed by atoms with Crippen LogP contribution in [0.2, 0.25) is 0 Å². The molecule has 2 rings (SSSR count). The van der Waals surface area contributed by atoms with E-state index in [1.165, 1.54) is 6.08 Å². The van der Waals surface area contributed by atoms with Crippen molar-refractivity contribution in [2.24, 2.45) is 0 Å². The van der Waals surface area contributed by atoms with Gasteiger partial charge in [-0.05, 0) is 44.0 Å². The van der Waals surface area contributed by atoms with Crippen LogP contribution in [-0.4, -0.2) is 18.4 Å². The Kier molecular flexibility index (Phi) is 5.47. The van der Waals surface area contributed by atoms with Crippen LogP contribution in [0.3, 0.4) is 0 Å². The lowest BCUT2D eigenvalue weighted by atomic mass is 10.0. The first-order chi connectivity index (χ1) is 11.0. The summed E-state index contributed by atoms with van der Waals surface area (Å²) in [5, 5.41) is 0. The van der Waals surface area contributed by atoms with E-state index < -0.39 is 5.97 Å². The van der Waals surface area contributed by atoms with Gasteiger partial charge < -0.3 is 4.74 Å². The first-order valence-corrected chi connectivity index (χ1v) is 7.47. The summed E-state index contributed by atoms with van der Waals surface area (Å²) < 4.78 is 5.02. The molecule has 0 saturated carbocycles. The third-order valence-corrected chi connectivity index (χ3v) is 3.53. The predicted molar refractivity (Wildman–Crippen MR) is 91.4 cm³/mol. The Morgan fingerprint density at radius 3 is 2.30 bits per heavy atom. The lowest BCUT2D eigenvalue weighted by molar-refractivity contribution is -0.136. The topological polar surface area (TPSA) is 43.4 Å². The predicted octanol–water partition coefficient (Wildman–Crippen LogP) is 4.05. The van der Waals surface area contributed by atoms with Crippen molar-refractivity contribution in [1.82, 2.24) is 0 Å². The molecule has 0 atom stereocenters. The highest BCUT2D eigenvalue weighted by molar-refractivity contribution is 6.00. The second-order valence-corrected chi connectivity index (χ2v) is 5.59. The number of carbonyl (C=O) groups excluding carboxylic acids is 2. The van der Waals surface area contributed by atoms with E-state index in [2.05, 4.69) is 0 Å². The highest BCUT2D eigenvalue weighted by Gasteiger charge is 2.11. The standard InChI is InChI=1S/C20H20O3/c1-14-5-8-17(9-6-14)10-11-20(22)23-13-19(21)18-12-15(2)4-7-16(18)3/h4-12H,13H2,1-3H3/b11-10+. The molecule has 0 N–H and O–H groups in total. The highest BCUT2D eigenvalue weighted by Crippen LogP contribution is 2.12. The van der Waals surface area contributed by atoms with Gasteiger partial charge in [0.1, 0.15) is 0 Å². The Morgan fingerprint density at radius 1 is 0.957 bits per heavy atom. The molecule has 0 unspecified atom stereocenters. The molecule has 0 aliphatic rings. The van der Waals surface area contributed by atoms with Crippen molar-refractivity contribution < 1.29 is 14.3 Å². The molecule has 0 saturated heterocycles. The fraction of sp³-hybridized carbons (Fsp3) is 0.200. The molecule has 0 aromatic heterocycles. The molecule has 0 spiro atoms. The first kappa shape index (κ1) is 16.7. The lowest BCUT2D eigenvalue weighted by Gasteiger charge is -2.06. The van der Waals surface area contributed by atoms with E-state index in [9.17, 15) is 9.59 Å². The van der Waals surface area contributed by atoms with Crippen LogP contribution in [0.5, 0.6) is 0 Å². The lowest BCUT2D eigenvalue weighted by Crippen LogP contribution is -2.13. The van der Waals surface area contributed by atoms with E-state index >= 15 is 0 Å². The van der Waals surface area contributed by atoms with Crippen LogP contribution in [0.25, 0.3) is 6.08 Å². The molecule has 2 aromatic carbocycles. The Bertz CT molecular complexity index is 740. The molecule has 118 valence electrons. The number of ether oxygens (including phenoxy) is 1. The van der Waals surface area contributed by atoms with E-state index in [0.717, 1.165) is 22.3 Å². The number of hydrogen-bond acceptors (Lipinski definition) is 3. The molecule has 3 heteroatoms. The van der Waals surface area contributed by atoms with Crippen LogP contribution in [0, 0.1) is 20.8 Å². The van der Waals surface area contributed by atoms with Crippen LogP contribution in [0.15, 0.2) is 48.5 Å². The van der Waals surface area contributed by atoms with E-state index in [1.54, 1.807) is 6.08 Å². The third kappa shape index (κ3) is 4.92. The van der Waals surface area contributed by atoms with Gasteiger partial charge in [-0.3, -0.25) is 4.79 Å². The van der Waals surface area contributed by atoms with Gasteiger partial charge in [0.2, 0.25) is 5.78 Å². The van der Waals surface area contributed by atoms with Crippen LogP contribution in [0.1, 0.15) is 32.6 Å². The monoisotopic (exact) mass is 308 g/mol. The Morgan fingerprint density at radius 2 is 1.61 bits per heavy atom. The molecule has 0 bridgehead atoms. The number of aryl methyl sites for hydroxylation is 3. The molecule has 0 aliphatic heterocycles. The van der Waals surface area contributed by atoms with Crippen molar-refractivity contribution in [3.8, 4) is 0 Å². The summed E-state index contributed by atoms with van der Waals surface area (Å²) in [6.45, 7) is 5.54. The van der Waals surface area contributed by atoms with Gasteiger partial charge in [-0.15, -0.1) is 0 Å². The van der Waals surface area contributed by atoms with Gasteiger partial charge in [0.15, 0.2) is 6.61 Å². The molecule has 0 fully saturated rings. The highest BCUT2D eigenvalue weighted by atomic mass is 16.5. The molecule has 0 radical (unpaired) electrons. The van der Waals surface area contributed by atoms with Gasteiger partial charge in [-0.1, -0.05) is 47.5 Å². The normalized spacial score (nSPS) is 10.7. The van der Waals surface area contributed by atoms with Crippen molar-refractivity contribution >= 4 is 17.8 Å². The van der Waals surface area contributed by atoms with Gasteiger partial charge in [-0.2, -0.15) is 0 Å². The number of ketones is 1. The van der Waals surface area contributed by atoms with E-state index in [0.29, 0.717) is 5.56 Å². The maximum atomic E-state index is 12.1. The second kappa shape index (κ2) is 7.54. The number of carbonyl (C=O) groups is 2. The van der Waals surface area contributed by atoms with E-state index in [-0.39, 0.29) is 12.4 Å². The van der Waals surface area contributed by atoms with E-state index in [1.807, 2.05) is 63.2 Å². The number of rotatable bonds is 5. The maximum absolute atomic E-state index is 12.1. The van der Waals surface area contributed by atoms with Gasteiger partial charge in [0, 0.05) is 11.6 Å². The minimum Gasteiger partial charge on any atom is -0.454 e. The summed E-state index contributed by atoms with van der Waals surface area (Å²) in [7, 11) is 0. The fourth-order valence-electron chi connectivity index (χ4n) is 2.14. The molecule has 0 amide bonds. The Hall–Kier alpha value is -2.68. The van der Waals surface area contributed by atoms with Crippen molar-refractivity contribution in [2.75, 3.05) is 6.61 Å². The van der Waals surface area contributed by atoms with Gasteiger partial charge >= 0.3 is 5.97 Å². The van der Waals surface area contributed by atoms with Crippen LogP contribution in [0.4, 0.5) is 0 Å². The Labute approximate surface area is 136 Å². The molecule has 23 heavy (non-hydrogen) atoms. The summed E-state index contributed by atoms with van der Waals surface area (Å²) in [4.78, 5) is 23.8. The average molecular weight is 308 g/mol. The van der Waals surface area contributed by atoms with Crippen LogP contribution in [-0.2, 0) is 9.53 Å². The van der Waals surface area contributed by atoms with Crippen molar-refractivity contribution in [3.05, 3.63) is 76.4 Å². The maximum Gasteiger partial charge on any atom is 0.331 e. The summed E-state index contributed by atoms with van der Waals surface area (Å²) in [6.07, 6.45) is 3.01.